The molecule has 0 radical (unpaired) electrons. The zero-order valence-electron chi connectivity index (χ0n) is 6.59. The van der Waals surface area contributed by atoms with E-state index in [0.29, 0.717) is 12.8 Å². The first-order valence-corrected chi connectivity index (χ1v) is 3.71. The molecule has 0 heterocycles. The van der Waals surface area contributed by atoms with Crippen LogP contribution in [0.1, 0.15) is 12.0 Å². The van der Waals surface area contributed by atoms with E-state index < -0.39 is 0 Å². The SMILES string of the molecule is NC(=O)CCc1ccc(F)cc1. The molecule has 0 unspecified atom stereocenters. The van der Waals surface area contributed by atoms with Crippen molar-refractivity contribution in [3.63, 3.8) is 0 Å². The summed E-state index contributed by atoms with van der Waals surface area (Å²) in [7, 11) is 0. The average Bonchev–Trinajstić information content (AvgIpc) is 2.03. The molecule has 2 nitrogen and oxygen atoms in total. The van der Waals surface area contributed by atoms with E-state index in [2.05, 4.69) is 0 Å². The van der Waals surface area contributed by atoms with E-state index >= 15 is 0 Å². The first-order valence-electron chi connectivity index (χ1n) is 3.71. The van der Waals surface area contributed by atoms with Gasteiger partial charge in [-0.1, -0.05) is 12.1 Å². The lowest BCUT2D eigenvalue weighted by Gasteiger charge is -1.97. The number of carbonyl (C=O) groups excluding carboxylic acids is 1. The molecular weight excluding hydrogens is 157 g/mol. The molecule has 0 aliphatic heterocycles. The summed E-state index contributed by atoms with van der Waals surface area (Å²) < 4.78 is 12.4. The average molecular weight is 167 g/mol. The van der Waals surface area contributed by atoms with Crippen LogP contribution in [0.2, 0.25) is 0 Å². The minimum atomic E-state index is -0.334. The summed E-state index contributed by atoms with van der Waals surface area (Å²) in [5.74, 6) is -0.600. The fourth-order valence-corrected chi connectivity index (χ4v) is 0.919. The van der Waals surface area contributed by atoms with Gasteiger partial charge in [0.1, 0.15) is 5.82 Å². The standard InChI is InChI=1S/C9H10FNO/c10-8-4-1-7(2-5-8)3-6-9(11)12/h1-2,4-5H,3,6H2,(H2,11,12). The molecule has 0 aliphatic rings. The third-order valence-corrected chi connectivity index (χ3v) is 1.57. The molecule has 0 spiro atoms. The van der Waals surface area contributed by atoms with Crippen LogP contribution in [-0.4, -0.2) is 5.91 Å². The number of primary amides is 1. The van der Waals surface area contributed by atoms with Crippen molar-refractivity contribution in [2.24, 2.45) is 5.73 Å². The lowest BCUT2D eigenvalue weighted by molar-refractivity contribution is -0.117. The largest absolute Gasteiger partial charge is 0.370 e. The molecule has 2 N–H and O–H groups in total. The van der Waals surface area contributed by atoms with Crippen molar-refractivity contribution in [1.29, 1.82) is 0 Å². The van der Waals surface area contributed by atoms with E-state index in [-0.39, 0.29) is 11.7 Å². The Balaban J connectivity index is 2.53. The van der Waals surface area contributed by atoms with Crippen molar-refractivity contribution in [1.82, 2.24) is 0 Å². The zero-order chi connectivity index (χ0) is 8.97. The van der Waals surface area contributed by atoms with Crippen LogP contribution in [-0.2, 0) is 11.2 Å². The molecule has 64 valence electrons. The maximum absolute atomic E-state index is 12.4. The zero-order valence-corrected chi connectivity index (χ0v) is 6.59. The van der Waals surface area contributed by atoms with E-state index in [1.54, 1.807) is 12.1 Å². The van der Waals surface area contributed by atoms with Crippen LogP contribution in [0.15, 0.2) is 24.3 Å². The van der Waals surface area contributed by atoms with Gasteiger partial charge in [0, 0.05) is 6.42 Å². The minimum absolute atomic E-state index is 0.266. The minimum Gasteiger partial charge on any atom is -0.370 e. The second kappa shape index (κ2) is 3.85. The lowest BCUT2D eigenvalue weighted by atomic mass is 10.1. The number of rotatable bonds is 3. The topological polar surface area (TPSA) is 43.1 Å². The second-order valence-corrected chi connectivity index (χ2v) is 2.59. The van der Waals surface area contributed by atoms with E-state index in [9.17, 15) is 9.18 Å². The van der Waals surface area contributed by atoms with Crippen molar-refractivity contribution in [2.45, 2.75) is 12.8 Å². The highest BCUT2D eigenvalue weighted by Crippen LogP contribution is 2.04. The van der Waals surface area contributed by atoms with Gasteiger partial charge in [-0.25, -0.2) is 4.39 Å². The normalized spacial score (nSPS) is 9.75. The van der Waals surface area contributed by atoms with Crippen molar-refractivity contribution < 1.29 is 9.18 Å². The molecule has 0 bridgehead atoms. The highest BCUT2D eigenvalue weighted by atomic mass is 19.1. The molecule has 0 saturated carbocycles. The molecule has 1 aromatic carbocycles. The highest BCUT2D eigenvalue weighted by molar-refractivity contribution is 5.73. The van der Waals surface area contributed by atoms with Gasteiger partial charge in [0.05, 0.1) is 0 Å². The Hall–Kier alpha value is -1.38. The van der Waals surface area contributed by atoms with Gasteiger partial charge in [0.25, 0.3) is 0 Å². The predicted octanol–water partition coefficient (Wildman–Crippen LogP) is 1.24. The van der Waals surface area contributed by atoms with Gasteiger partial charge >= 0.3 is 0 Å². The number of amides is 1. The molecule has 1 aromatic rings. The van der Waals surface area contributed by atoms with Gasteiger partial charge in [-0.15, -0.1) is 0 Å². The number of halogens is 1. The number of aryl methyl sites for hydroxylation is 1. The summed E-state index contributed by atoms with van der Waals surface area (Å²) in [4.78, 5) is 10.4. The first-order chi connectivity index (χ1) is 5.68. The molecule has 1 rings (SSSR count). The Morgan fingerprint density at radius 1 is 1.33 bits per heavy atom. The smallest absolute Gasteiger partial charge is 0.217 e. The number of hydrogen-bond acceptors (Lipinski definition) is 1. The summed E-state index contributed by atoms with van der Waals surface area (Å²) >= 11 is 0. The van der Waals surface area contributed by atoms with Crippen LogP contribution >= 0.6 is 0 Å². The molecular formula is C9H10FNO. The molecule has 1 amide bonds. The van der Waals surface area contributed by atoms with Crippen molar-refractivity contribution >= 4 is 5.91 Å². The Bertz CT molecular complexity index is 268. The lowest BCUT2D eigenvalue weighted by Crippen LogP contribution is -2.11. The third kappa shape index (κ3) is 2.70. The van der Waals surface area contributed by atoms with Crippen LogP contribution in [0.5, 0.6) is 0 Å². The van der Waals surface area contributed by atoms with E-state index in [1.807, 2.05) is 0 Å². The van der Waals surface area contributed by atoms with E-state index in [0.717, 1.165) is 5.56 Å². The van der Waals surface area contributed by atoms with Gasteiger partial charge in [-0.2, -0.15) is 0 Å². The fourth-order valence-electron chi connectivity index (χ4n) is 0.919. The molecule has 0 fully saturated rings. The summed E-state index contributed by atoms with van der Waals surface area (Å²) in [6.07, 6.45) is 0.890. The van der Waals surface area contributed by atoms with E-state index in [1.165, 1.54) is 12.1 Å². The maximum Gasteiger partial charge on any atom is 0.217 e. The molecule has 0 aromatic heterocycles. The Kier molecular flexibility index (Phi) is 2.80. The van der Waals surface area contributed by atoms with Crippen molar-refractivity contribution in [3.8, 4) is 0 Å². The van der Waals surface area contributed by atoms with Gasteiger partial charge in [-0.05, 0) is 24.1 Å². The Morgan fingerprint density at radius 2 is 1.92 bits per heavy atom. The predicted molar refractivity (Wildman–Crippen MR) is 43.9 cm³/mol. The molecule has 0 aliphatic carbocycles. The van der Waals surface area contributed by atoms with Crippen LogP contribution in [0.4, 0.5) is 4.39 Å². The summed E-state index contributed by atoms with van der Waals surface area (Å²) in [5, 5.41) is 0. The molecule has 0 atom stereocenters. The number of nitrogens with two attached hydrogens (primary N) is 1. The van der Waals surface area contributed by atoms with Crippen molar-refractivity contribution in [3.05, 3.63) is 35.6 Å². The quantitative estimate of drug-likeness (QED) is 0.723. The first kappa shape index (κ1) is 8.71. The van der Waals surface area contributed by atoms with E-state index in [4.69, 9.17) is 5.73 Å². The van der Waals surface area contributed by atoms with Gasteiger partial charge in [0.2, 0.25) is 5.91 Å². The van der Waals surface area contributed by atoms with Crippen LogP contribution in [0, 0.1) is 5.82 Å². The third-order valence-electron chi connectivity index (χ3n) is 1.57. The number of benzene rings is 1. The Morgan fingerprint density at radius 3 is 2.42 bits per heavy atom. The Labute approximate surface area is 70.2 Å². The number of hydrogen-bond donors (Lipinski definition) is 1. The van der Waals surface area contributed by atoms with Gasteiger partial charge in [0.15, 0.2) is 0 Å². The van der Waals surface area contributed by atoms with Crippen LogP contribution in [0.25, 0.3) is 0 Å². The molecule has 3 heteroatoms. The summed E-state index contributed by atoms with van der Waals surface area (Å²) in [5.41, 5.74) is 5.88. The summed E-state index contributed by atoms with van der Waals surface area (Å²) in [6, 6.07) is 6.04. The molecule has 12 heavy (non-hydrogen) atoms. The highest BCUT2D eigenvalue weighted by Gasteiger charge is 1.96. The monoisotopic (exact) mass is 167 g/mol. The van der Waals surface area contributed by atoms with Gasteiger partial charge < -0.3 is 5.73 Å². The summed E-state index contributed by atoms with van der Waals surface area (Å²) in [6.45, 7) is 0. The number of carbonyl (C=O) groups is 1. The fraction of sp³-hybridized carbons (Fsp3) is 0.222. The van der Waals surface area contributed by atoms with Gasteiger partial charge in [-0.3, -0.25) is 4.79 Å². The molecule has 0 saturated heterocycles. The van der Waals surface area contributed by atoms with Crippen molar-refractivity contribution in [2.75, 3.05) is 0 Å². The van der Waals surface area contributed by atoms with Crippen LogP contribution in [0.3, 0.4) is 0 Å². The second-order valence-electron chi connectivity index (χ2n) is 2.59. The van der Waals surface area contributed by atoms with Crippen LogP contribution < -0.4 is 5.73 Å². The maximum atomic E-state index is 12.4.